The van der Waals surface area contributed by atoms with Gasteiger partial charge in [0.15, 0.2) is 0 Å². The second-order valence-corrected chi connectivity index (χ2v) is 7.15. The lowest BCUT2D eigenvalue weighted by molar-refractivity contribution is -0.109. The Labute approximate surface area is 113 Å². The van der Waals surface area contributed by atoms with Crippen LogP contribution in [0.2, 0.25) is 0 Å². The third kappa shape index (κ3) is 3.71. The predicted octanol–water partition coefficient (Wildman–Crippen LogP) is 3.89. The van der Waals surface area contributed by atoms with Gasteiger partial charge in [-0.1, -0.05) is 33.6 Å². The molecule has 0 aromatic heterocycles. The highest BCUT2D eigenvalue weighted by Gasteiger charge is 2.38. The van der Waals surface area contributed by atoms with Crippen molar-refractivity contribution < 1.29 is 4.74 Å². The SMILES string of the molecule is CCNCC1(OC2CCC(C)(C)CC2)CCCC1. The van der Waals surface area contributed by atoms with Crippen LogP contribution in [-0.4, -0.2) is 24.8 Å². The first-order valence-electron chi connectivity index (χ1n) is 7.94. The van der Waals surface area contributed by atoms with E-state index in [-0.39, 0.29) is 5.60 Å². The molecule has 18 heavy (non-hydrogen) atoms. The Kier molecular flexibility index (Phi) is 4.71. The molecule has 0 radical (unpaired) electrons. The highest BCUT2D eigenvalue weighted by molar-refractivity contribution is 4.91. The van der Waals surface area contributed by atoms with E-state index < -0.39 is 0 Å². The fourth-order valence-electron chi connectivity index (χ4n) is 3.55. The molecule has 2 saturated carbocycles. The Bertz CT molecular complexity index is 246. The zero-order chi connectivity index (χ0) is 13.1. The van der Waals surface area contributed by atoms with Crippen LogP contribution in [0.5, 0.6) is 0 Å². The summed E-state index contributed by atoms with van der Waals surface area (Å²) in [6.07, 6.45) is 10.9. The standard InChI is InChI=1S/C16H31NO/c1-4-17-13-16(9-5-6-10-16)18-14-7-11-15(2,3)12-8-14/h14,17H,4-13H2,1-3H3. The summed E-state index contributed by atoms with van der Waals surface area (Å²) in [6, 6.07) is 0. The fourth-order valence-corrected chi connectivity index (χ4v) is 3.55. The minimum absolute atomic E-state index is 0.169. The molecule has 2 heteroatoms. The second kappa shape index (κ2) is 5.92. The molecule has 1 N–H and O–H groups in total. The first kappa shape index (κ1) is 14.3. The summed E-state index contributed by atoms with van der Waals surface area (Å²) >= 11 is 0. The van der Waals surface area contributed by atoms with Crippen LogP contribution in [-0.2, 0) is 4.74 Å². The van der Waals surface area contributed by atoms with Gasteiger partial charge in [0.2, 0.25) is 0 Å². The van der Waals surface area contributed by atoms with E-state index in [0.717, 1.165) is 13.1 Å². The molecular weight excluding hydrogens is 222 g/mol. The zero-order valence-electron chi connectivity index (χ0n) is 12.6. The largest absolute Gasteiger partial charge is 0.370 e. The molecule has 0 atom stereocenters. The highest BCUT2D eigenvalue weighted by Crippen LogP contribution is 2.40. The molecule has 0 heterocycles. The lowest BCUT2D eigenvalue weighted by Gasteiger charge is -2.40. The molecule has 0 aromatic carbocycles. The van der Waals surface area contributed by atoms with Crippen molar-refractivity contribution in [3.05, 3.63) is 0 Å². The molecule has 2 rings (SSSR count). The molecular formula is C16H31NO. The third-order valence-corrected chi connectivity index (χ3v) is 4.91. The van der Waals surface area contributed by atoms with E-state index in [9.17, 15) is 0 Å². The van der Waals surface area contributed by atoms with Gasteiger partial charge in [0, 0.05) is 6.54 Å². The molecule has 0 amide bonds. The van der Waals surface area contributed by atoms with Gasteiger partial charge in [-0.2, -0.15) is 0 Å². The molecule has 0 spiro atoms. The minimum atomic E-state index is 0.169. The lowest BCUT2D eigenvalue weighted by Crippen LogP contribution is -2.44. The number of likely N-dealkylation sites (N-methyl/N-ethyl adjacent to an activating group) is 1. The van der Waals surface area contributed by atoms with E-state index in [4.69, 9.17) is 4.74 Å². The molecule has 2 aliphatic carbocycles. The van der Waals surface area contributed by atoms with Gasteiger partial charge < -0.3 is 10.1 Å². The van der Waals surface area contributed by atoms with Crippen LogP contribution in [0.3, 0.4) is 0 Å². The monoisotopic (exact) mass is 253 g/mol. The number of ether oxygens (including phenoxy) is 1. The summed E-state index contributed by atoms with van der Waals surface area (Å²) in [4.78, 5) is 0. The molecule has 106 valence electrons. The normalized spacial score (nSPS) is 27.5. The van der Waals surface area contributed by atoms with Gasteiger partial charge in [-0.3, -0.25) is 0 Å². The average Bonchev–Trinajstić information content (AvgIpc) is 2.79. The van der Waals surface area contributed by atoms with Crippen molar-refractivity contribution in [1.82, 2.24) is 5.32 Å². The van der Waals surface area contributed by atoms with Gasteiger partial charge in [0.1, 0.15) is 0 Å². The number of rotatable bonds is 5. The van der Waals surface area contributed by atoms with Gasteiger partial charge >= 0.3 is 0 Å². The minimum Gasteiger partial charge on any atom is -0.370 e. The van der Waals surface area contributed by atoms with Crippen molar-refractivity contribution in [2.24, 2.45) is 5.41 Å². The summed E-state index contributed by atoms with van der Waals surface area (Å²) in [5.41, 5.74) is 0.715. The van der Waals surface area contributed by atoms with Crippen molar-refractivity contribution in [2.45, 2.75) is 83.8 Å². The average molecular weight is 253 g/mol. The molecule has 2 nitrogen and oxygen atoms in total. The van der Waals surface area contributed by atoms with E-state index in [1.165, 1.54) is 51.4 Å². The summed E-state index contributed by atoms with van der Waals surface area (Å²) in [5.74, 6) is 0. The van der Waals surface area contributed by atoms with E-state index in [2.05, 4.69) is 26.1 Å². The fraction of sp³-hybridized carbons (Fsp3) is 1.00. The summed E-state index contributed by atoms with van der Waals surface area (Å²) in [7, 11) is 0. The lowest BCUT2D eigenvalue weighted by atomic mass is 9.76. The highest BCUT2D eigenvalue weighted by atomic mass is 16.5. The third-order valence-electron chi connectivity index (χ3n) is 4.91. The Hall–Kier alpha value is -0.0800. The summed E-state index contributed by atoms with van der Waals surface area (Å²) in [5, 5.41) is 3.51. The molecule has 0 aromatic rings. The summed E-state index contributed by atoms with van der Waals surface area (Å²) < 4.78 is 6.57. The van der Waals surface area contributed by atoms with E-state index in [1.807, 2.05) is 0 Å². The molecule has 2 aliphatic rings. The van der Waals surface area contributed by atoms with Gasteiger partial charge in [0.25, 0.3) is 0 Å². The molecule has 0 unspecified atom stereocenters. The molecule has 0 saturated heterocycles. The van der Waals surface area contributed by atoms with Gasteiger partial charge in [-0.05, 0) is 50.5 Å². The Balaban J connectivity index is 1.86. The van der Waals surface area contributed by atoms with E-state index in [0.29, 0.717) is 11.5 Å². The molecule has 0 aliphatic heterocycles. The Morgan fingerprint density at radius 2 is 1.67 bits per heavy atom. The maximum atomic E-state index is 6.57. The molecule has 0 bridgehead atoms. The van der Waals surface area contributed by atoms with Crippen molar-refractivity contribution in [3.63, 3.8) is 0 Å². The van der Waals surface area contributed by atoms with Gasteiger partial charge in [-0.25, -0.2) is 0 Å². The number of hydrogen-bond donors (Lipinski definition) is 1. The maximum absolute atomic E-state index is 6.57. The van der Waals surface area contributed by atoms with Crippen LogP contribution in [0.1, 0.15) is 72.1 Å². The quantitative estimate of drug-likeness (QED) is 0.802. The van der Waals surface area contributed by atoms with Crippen LogP contribution in [0, 0.1) is 5.41 Å². The first-order valence-corrected chi connectivity index (χ1v) is 7.94. The topological polar surface area (TPSA) is 21.3 Å². The van der Waals surface area contributed by atoms with Crippen molar-refractivity contribution >= 4 is 0 Å². The van der Waals surface area contributed by atoms with Crippen molar-refractivity contribution in [3.8, 4) is 0 Å². The van der Waals surface area contributed by atoms with Gasteiger partial charge in [0.05, 0.1) is 11.7 Å². The maximum Gasteiger partial charge on any atom is 0.0810 e. The van der Waals surface area contributed by atoms with Crippen molar-refractivity contribution in [1.29, 1.82) is 0 Å². The second-order valence-electron chi connectivity index (χ2n) is 7.15. The van der Waals surface area contributed by atoms with Crippen LogP contribution < -0.4 is 5.32 Å². The summed E-state index contributed by atoms with van der Waals surface area (Å²) in [6.45, 7) is 9.10. The van der Waals surface area contributed by atoms with Gasteiger partial charge in [-0.15, -0.1) is 0 Å². The predicted molar refractivity (Wildman–Crippen MR) is 76.9 cm³/mol. The number of hydrogen-bond acceptors (Lipinski definition) is 2. The van der Waals surface area contributed by atoms with Crippen LogP contribution >= 0.6 is 0 Å². The van der Waals surface area contributed by atoms with Crippen molar-refractivity contribution in [2.75, 3.05) is 13.1 Å². The van der Waals surface area contributed by atoms with E-state index in [1.54, 1.807) is 0 Å². The van der Waals surface area contributed by atoms with Crippen LogP contribution in [0.25, 0.3) is 0 Å². The Morgan fingerprint density at radius 3 is 2.22 bits per heavy atom. The molecule has 2 fully saturated rings. The zero-order valence-corrected chi connectivity index (χ0v) is 12.6. The Morgan fingerprint density at radius 1 is 1.06 bits per heavy atom. The number of nitrogens with one attached hydrogen (secondary N) is 1. The smallest absolute Gasteiger partial charge is 0.0810 e. The van der Waals surface area contributed by atoms with Crippen LogP contribution in [0.4, 0.5) is 0 Å². The first-order chi connectivity index (χ1) is 8.55. The van der Waals surface area contributed by atoms with E-state index >= 15 is 0 Å². The van der Waals surface area contributed by atoms with Crippen LogP contribution in [0.15, 0.2) is 0 Å².